The number of hydrogen-bond acceptors (Lipinski definition) is 7. The molecule has 7 nitrogen and oxygen atoms in total. The van der Waals surface area contributed by atoms with Crippen LogP contribution in [0.2, 0.25) is 0 Å². The van der Waals surface area contributed by atoms with Gasteiger partial charge in [0.15, 0.2) is 11.6 Å². The van der Waals surface area contributed by atoms with Crippen LogP contribution in [-0.4, -0.2) is 31.7 Å². The molecule has 7 heteroatoms. The van der Waals surface area contributed by atoms with Crippen molar-refractivity contribution in [3.63, 3.8) is 0 Å². The topological polar surface area (TPSA) is 81.1 Å². The van der Waals surface area contributed by atoms with Gasteiger partial charge in [-0.05, 0) is 25.8 Å². The molecule has 1 fully saturated rings. The van der Waals surface area contributed by atoms with Crippen molar-refractivity contribution in [3.8, 4) is 0 Å². The molecular formula is C13H19N5O2. The van der Waals surface area contributed by atoms with Gasteiger partial charge in [-0.15, -0.1) is 0 Å². The molecule has 1 atom stereocenters. The van der Waals surface area contributed by atoms with Crippen LogP contribution in [0.3, 0.4) is 0 Å². The Morgan fingerprint density at radius 2 is 2.15 bits per heavy atom. The number of nitrogens with zero attached hydrogens (tertiary/aromatic N) is 5. The highest BCUT2D eigenvalue weighted by Crippen LogP contribution is 2.31. The number of hydrogen-bond donors (Lipinski definition) is 0. The van der Waals surface area contributed by atoms with Gasteiger partial charge in [0.1, 0.15) is 0 Å². The first-order valence-electron chi connectivity index (χ1n) is 7.12. The summed E-state index contributed by atoms with van der Waals surface area (Å²) in [5.74, 6) is 2.82. The third kappa shape index (κ3) is 2.72. The Bertz CT molecular complexity index is 565. The van der Waals surface area contributed by atoms with E-state index in [0.717, 1.165) is 43.9 Å². The predicted molar refractivity (Wildman–Crippen MR) is 69.7 cm³/mol. The van der Waals surface area contributed by atoms with E-state index in [2.05, 4.69) is 32.1 Å². The molecule has 0 saturated carbocycles. The Hall–Kier alpha value is -1.76. The van der Waals surface area contributed by atoms with Crippen molar-refractivity contribution in [2.75, 3.05) is 6.54 Å². The van der Waals surface area contributed by atoms with Crippen molar-refractivity contribution < 1.29 is 9.05 Å². The Morgan fingerprint density at radius 3 is 2.90 bits per heavy atom. The first kappa shape index (κ1) is 13.2. The Balaban J connectivity index is 1.69. The molecule has 0 radical (unpaired) electrons. The van der Waals surface area contributed by atoms with Crippen molar-refractivity contribution in [2.24, 2.45) is 0 Å². The number of aryl methyl sites for hydroxylation is 2. The minimum Gasteiger partial charge on any atom is -0.340 e. The van der Waals surface area contributed by atoms with Gasteiger partial charge in [0, 0.05) is 13.3 Å². The zero-order valence-electron chi connectivity index (χ0n) is 11.9. The maximum absolute atomic E-state index is 5.30. The summed E-state index contributed by atoms with van der Waals surface area (Å²) in [6.07, 6.45) is 4.04. The highest BCUT2D eigenvalue weighted by atomic mass is 16.5. The molecule has 0 bridgehead atoms. The second-order valence-electron chi connectivity index (χ2n) is 5.15. The van der Waals surface area contributed by atoms with Crippen molar-refractivity contribution in [3.05, 3.63) is 23.4 Å². The number of rotatable bonds is 5. The fourth-order valence-corrected chi connectivity index (χ4v) is 2.61. The molecule has 0 aliphatic carbocycles. The molecule has 3 heterocycles. The highest BCUT2D eigenvalue weighted by molar-refractivity contribution is 4.98. The smallest absolute Gasteiger partial charge is 0.240 e. The third-order valence-corrected chi connectivity index (χ3v) is 3.53. The largest absolute Gasteiger partial charge is 0.340 e. The van der Waals surface area contributed by atoms with Gasteiger partial charge in [-0.3, -0.25) is 4.90 Å². The zero-order valence-corrected chi connectivity index (χ0v) is 11.9. The van der Waals surface area contributed by atoms with Crippen LogP contribution in [0.5, 0.6) is 0 Å². The highest BCUT2D eigenvalue weighted by Gasteiger charge is 2.30. The van der Waals surface area contributed by atoms with Crippen molar-refractivity contribution in [2.45, 2.75) is 52.1 Å². The van der Waals surface area contributed by atoms with Gasteiger partial charge in [-0.2, -0.15) is 9.97 Å². The van der Waals surface area contributed by atoms with E-state index in [1.807, 2.05) is 6.92 Å². The van der Waals surface area contributed by atoms with Gasteiger partial charge in [0.2, 0.25) is 11.8 Å². The van der Waals surface area contributed by atoms with Crippen LogP contribution in [-0.2, 0) is 13.0 Å². The summed E-state index contributed by atoms with van der Waals surface area (Å²) in [4.78, 5) is 11.0. The molecule has 0 amide bonds. The lowest BCUT2D eigenvalue weighted by atomic mass is 10.2. The van der Waals surface area contributed by atoms with Crippen LogP contribution in [0.1, 0.15) is 55.7 Å². The molecule has 2 aromatic rings. The monoisotopic (exact) mass is 277 g/mol. The maximum Gasteiger partial charge on any atom is 0.240 e. The van der Waals surface area contributed by atoms with Gasteiger partial charge < -0.3 is 9.05 Å². The molecule has 0 aromatic carbocycles. The Morgan fingerprint density at radius 1 is 1.25 bits per heavy atom. The summed E-state index contributed by atoms with van der Waals surface area (Å²) in [5.41, 5.74) is 0. The van der Waals surface area contributed by atoms with Crippen molar-refractivity contribution in [1.82, 2.24) is 25.2 Å². The molecule has 1 aliphatic rings. The molecule has 1 aliphatic heterocycles. The fraction of sp³-hybridized carbons (Fsp3) is 0.692. The first-order chi connectivity index (χ1) is 9.76. The van der Waals surface area contributed by atoms with E-state index in [1.54, 1.807) is 0 Å². The molecule has 0 spiro atoms. The van der Waals surface area contributed by atoms with E-state index >= 15 is 0 Å². The van der Waals surface area contributed by atoms with E-state index in [-0.39, 0.29) is 6.04 Å². The van der Waals surface area contributed by atoms with Crippen LogP contribution in [0.25, 0.3) is 0 Å². The average molecular weight is 277 g/mol. The first-order valence-corrected chi connectivity index (χ1v) is 7.12. The lowest BCUT2D eigenvalue weighted by Gasteiger charge is -2.19. The van der Waals surface area contributed by atoms with E-state index < -0.39 is 0 Å². The van der Waals surface area contributed by atoms with Crippen LogP contribution in [0.4, 0.5) is 0 Å². The summed E-state index contributed by atoms with van der Waals surface area (Å²) in [6.45, 7) is 5.55. The van der Waals surface area contributed by atoms with E-state index in [9.17, 15) is 0 Å². The van der Waals surface area contributed by atoms with Crippen LogP contribution in [0.15, 0.2) is 9.05 Å². The van der Waals surface area contributed by atoms with Crippen molar-refractivity contribution >= 4 is 0 Å². The Kier molecular flexibility index (Phi) is 3.77. The average Bonchev–Trinajstić information content (AvgIpc) is 3.12. The normalized spacial score (nSPS) is 19.8. The van der Waals surface area contributed by atoms with Gasteiger partial charge in [0.25, 0.3) is 0 Å². The Labute approximate surface area is 117 Å². The van der Waals surface area contributed by atoms with Gasteiger partial charge in [0.05, 0.1) is 12.6 Å². The predicted octanol–water partition coefficient (Wildman–Crippen LogP) is 2.05. The molecular weight excluding hydrogens is 258 g/mol. The molecule has 0 N–H and O–H groups in total. The molecule has 1 saturated heterocycles. The standard InChI is InChI=1S/C13H19N5O2/c1-3-5-11-15-12(20-16-11)8-18-7-4-6-10(18)13-14-9(2)19-17-13/h10H,3-8H2,1-2H3. The summed E-state index contributed by atoms with van der Waals surface area (Å²) in [7, 11) is 0. The number of aromatic nitrogens is 4. The molecule has 108 valence electrons. The molecule has 20 heavy (non-hydrogen) atoms. The summed E-state index contributed by atoms with van der Waals surface area (Å²) >= 11 is 0. The minimum atomic E-state index is 0.189. The van der Waals surface area contributed by atoms with Gasteiger partial charge >= 0.3 is 0 Å². The van der Waals surface area contributed by atoms with Gasteiger partial charge in [-0.1, -0.05) is 17.2 Å². The number of likely N-dealkylation sites (tertiary alicyclic amines) is 1. The lowest BCUT2D eigenvalue weighted by molar-refractivity contribution is 0.202. The van der Waals surface area contributed by atoms with Crippen molar-refractivity contribution in [1.29, 1.82) is 0 Å². The van der Waals surface area contributed by atoms with E-state index in [0.29, 0.717) is 18.3 Å². The van der Waals surface area contributed by atoms with Gasteiger partial charge in [-0.25, -0.2) is 0 Å². The second-order valence-corrected chi connectivity index (χ2v) is 5.15. The minimum absolute atomic E-state index is 0.189. The quantitative estimate of drug-likeness (QED) is 0.827. The zero-order chi connectivity index (χ0) is 13.9. The summed E-state index contributed by atoms with van der Waals surface area (Å²) < 4.78 is 10.4. The molecule has 2 aromatic heterocycles. The van der Waals surface area contributed by atoms with Crippen LogP contribution < -0.4 is 0 Å². The van der Waals surface area contributed by atoms with E-state index in [4.69, 9.17) is 9.05 Å². The second kappa shape index (κ2) is 5.70. The summed E-state index contributed by atoms with van der Waals surface area (Å²) in [5, 5.41) is 8.02. The molecule has 3 rings (SSSR count). The lowest BCUT2D eigenvalue weighted by Crippen LogP contribution is -2.23. The van der Waals surface area contributed by atoms with E-state index in [1.165, 1.54) is 0 Å². The fourth-order valence-electron chi connectivity index (χ4n) is 2.61. The van der Waals surface area contributed by atoms with Crippen LogP contribution in [0, 0.1) is 6.92 Å². The summed E-state index contributed by atoms with van der Waals surface area (Å²) in [6, 6.07) is 0.189. The SMILES string of the molecule is CCCc1noc(CN2CCCC2c2noc(C)n2)n1. The van der Waals surface area contributed by atoms with Crippen LogP contribution >= 0.6 is 0 Å². The third-order valence-electron chi connectivity index (χ3n) is 3.53. The molecule has 1 unspecified atom stereocenters. The maximum atomic E-state index is 5.30.